The lowest BCUT2D eigenvalue weighted by atomic mass is 9.98. The number of amides is 4. The van der Waals surface area contributed by atoms with Crippen molar-refractivity contribution in [2.24, 2.45) is 0 Å². The SMILES string of the molecule is CC(C(=O)N1CCN(c2ccc(S(=O)(=O)Nc3nccs3)cc2)C[C@@H]1C)n1ccc2ccccc21.C[C@H](C(=O)N1CCN(c2ccc(S(=O)(=O)Nc3nc4ccccc4s3)cc2)CC1)N1CCCc2cc(F)ccc21.Cc1cc2c(cc1Cl)CCCN2[C@H](C)C(=O)N1CCN(c2ccc(S(=O)(=O)Nc3nccs3)cc2)C(=O)C1.[HH].[HH].[HH].[HH].[HH].[HH]. The normalized spacial score (nSPS) is 16.9. The number of benzene rings is 7. The zero-order valence-electron chi connectivity index (χ0n) is 62.7. The quantitative estimate of drug-likeness (QED) is 0.0720. The Hall–Kier alpha value is -10.2. The molecule has 0 aliphatic carbocycles. The largest absolute Gasteiger partial charge is 0.368 e. The first kappa shape index (κ1) is 79.4. The molecule has 4 amide bonds. The summed E-state index contributed by atoms with van der Waals surface area (Å²) in [5, 5.41) is 6.20. The molecule has 4 atom stereocenters. The van der Waals surface area contributed by atoms with E-state index in [1.165, 1.54) is 58.4 Å². The van der Waals surface area contributed by atoms with Crippen LogP contribution in [0, 0.1) is 12.7 Å². The fourth-order valence-corrected chi connectivity index (χ4v) is 20.9. The van der Waals surface area contributed by atoms with Crippen molar-refractivity contribution in [1.29, 1.82) is 0 Å². The number of thiazole rings is 3. The number of rotatable bonds is 18. The summed E-state index contributed by atoms with van der Waals surface area (Å²) in [4.78, 5) is 81.6. The molecule has 1 unspecified atom stereocenters. The van der Waals surface area contributed by atoms with Gasteiger partial charge in [0.25, 0.3) is 30.1 Å². The van der Waals surface area contributed by atoms with Crippen LogP contribution in [0.5, 0.6) is 0 Å². The average molecular weight is 1680 g/mol. The Kier molecular flexibility index (Phi) is 23.8. The van der Waals surface area contributed by atoms with Crippen molar-refractivity contribution in [3.63, 3.8) is 0 Å². The summed E-state index contributed by atoms with van der Waals surface area (Å²) in [6.45, 7) is 16.4. The first-order valence-corrected chi connectivity index (χ1v) is 44.5. The second kappa shape index (κ2) is 33.8. The maximum absolute atomic E-state index is 13.7. The smallest absolute Gasteiger partial charge is 0.263 e. The van der Waals surface area contributed by atoms with E-state index in [2.05, 4.69) is 61.7 Å². The lowest BCUT2D eigenvalue weighted by Gasteiger charge is -2.42. The summed E-state index contributed by atoms with van der Waals surface area (Å²) < 4.78 is 100. The molecule has 33 heteroatoms. The summed E-state index contributed by atoms with van der Waals surface area (Å²) in [5.74, 6) is -0.374. The lowest BCUT2D eigenvalue weighted by molar-refractivity contribution is -0.137. The van der Waals surface area contributed by atoms with E-state index < -0.39 is 36.1 Å². The van der Waals surface area contributed by atoms with Gasteiger partial charge in [-0.2, -0.15) is 0 Å². The summed E-state index contributed by atoms with van der Waals surface area (Å²) in [6, 6.07) is 45.2. The molecule has 0 spiro atoms. The van der Waals surface area contributed by atoms with Gasteiger partial charge in [-0.05, 0) is 210 Å². The predicted octanol–water partition coefficient (Wildman–Crippen LogP) is 14.3. The predicted molar refractivity (Wildman–Crippen MR) is 459 cm³/mol. The minimum Gasteiger partial charge on any atom is -0.368 e. The highest BCUT2D eigenvalue weighted by Gasteiger charge is 2.37. The average Bonchev–Trinajstić information content (AvgIpc) is 1.19. The van der Waals surface area contributed by atoms with Gasteiger partial charge in [-0.25, -0.2) is 44.6 Å². The number of hydrogen-bond donors (Lipinski definition) is 3. The maximum atomic E-state index is 13.7. The van der Waals surface area contributed by atoms with Crippen molar-refractivity contribution in [1.82, 2.24) is 34.2 Å². The van der Waals surface area contributed by atoms with Crippen LogP contribution in [0.4, 0.5) is 48.2 Å². The molecule has 5 aliphatic rings. The topological polar surface area (TPSA) is 276 Å². The molecule has 3 N–H and O–H groups in total. The van der Waals surface area contributed by atoms with Crippen molar-refractivity contribution >= 4 is 164 Å². The molecule has 0 radical (unpaired) electrons. The fraction of sp³-hybridized carbons (Fsp3) is 0.312. The third-order valence-electron chi connectivity index (χ3n) is 21.1. The molecule has 0 saturated carbocycles. The molecular weight excluding hydrogens is 1580 g/mol. The standard InChI is InChI=1S/C29H30FN5O3S2.C26H28ClN5O4S2.C25H27N5O3S2.6H2/c1-20(35-14-4-5-21-19-22(30)8-13-26(21)35)28(36)34-17-15-33(16-18-34)23-9-11-24(12-10-23)40(37,38)32-29-31-25-6-2-3-7-27(25)39-29;1-17-14-23-19(15-22(17)27)4-3-10-31(23)18(2)25(34)30-11-12-32(24(33)16-30)20-5-7-21(8-6-20)38(35,36)29-26-28-9-13-37-26;1-18-17-28(21-7-9-22(10-8-21)35(32,33)27-25-26-12-16-34-25)14-15-29(18)24(31)19(2)30-13-11-20-5-3-4-6-23(20)30;;;;;;/h2-3,6-13,19-20H,4-5,14-18H2,1H3,(H,31,32);5-9,13-15,18H,3-4,10-12,16H2,1-2H3,(H,28,29);3-13,16,18-19H,14-15,17H2,1-2H3,(H,26,27);6*1H/t20-;18-;18-,19?;;;;;;/m110....../s1. The van der Waals surface area contributed by atoms with Crippen LogP contribution in [0.25, 0.3) is 21.1 Å². The number of halogens is 2. The van der Waals surface area contributed by atoms with Gasteiger partial charge < -0.3 is 43.8 Å². The second-order valence-corrected chi connectivity index (χ2v) is 36.6. The first-order valence-electron chi connectivity index (χ1n) is 37.1. The van der Waals surface area contributed by atoms with Gasteiger partial charge in [-0.15, -0.1) is 22.7 Å². The number of anilines is 8. The Labute approximate surface area is 682 Å². The van der Waals surface area contributed by atoms with E-state index >= 15 is 0 Å². The number of sulfonamides is 3. The molecule has 0 bridgehead atoms. The van der Waals surface area contributed by atoms with E-state index in [9.17, 15) is 48.8 Å². The van der Waals surface area contributed by atoms with E-state index in [4.69, 9.17) is 11.6 Å². The van der Waals surface area contributed by atoms with E-state index in [0.717, 1.165) is 104 Å². The highest BCUT2D eigenvalue weighted by atomic mass is 35.5. The molecular formula is C80H97ClFN15O10S6. The molecule has 3 fully saturated rings. The molecule has 9 heterocycles. The maximum Gasteiger partial charge on any atom is 0.263 e. The Morgan fingerprint density at radius 2 is 1.09 bits per heavy atom. The lowest BCUT2D eigenvalue weighted by Crippen LogP contribution is -2.57. The van der Waals surface area contributed by atoms with E-state index in [1.807, 2.05) is 121 Å². The summed E-state index contributed by atoms with van der Waals surface area (Å²) >= 11 is 10.0. The molecule has 25 nitrogen and oxygen atoms in total. The highest BCUT2D eigenvalue weighted by molar-refractivity contribution is 7.93. The van der Waals surface area contributed by atoms with Crippen LogP contribution in [-0.4, -0.2) is 180 Å². The number of para-hydroxylation sites is 2. The highest BCUT2D eigenvalue weighted by Crippen LogP contribution is 2.37. The van der Waals surface area contributed by atoms with Crippen LogP contribution < -0.4 is 38.7 Å². The number of nitrogens with one attached hydrogen (secondary N) is 3. The summed E-state index contributed by atoms with van der Waals surface area (Å²) in [7, 11) is -11.2. The fourth-order valence-electron chi connectivity index (χ4n) is 15.0. The van der Waals surface area contributed by atoms with Crippen molar-refractivity contribution in [3.8, 4) is 0 Å². The number of carbonyl (C=O) groups is 4. The molecule has 4 aromatic heterocycles. The Morgan fingerprint density at radius 3 is 1.67 bits per heavy atom. The van der Waals surface area contributed by atoms with E-state index in [-0.39, 0.29) is 82.5 Å². The van der Waals surface area contributed by atoms with Crippen molar-refractivity contribution < 1.29 is 57.4 Å². The van der Waals surface area contributed by atoms with Crippen LogP contribution in [0.3, 0.4) is 0 Å². The van der Waals surface area contributed by atoms with Crippen molar-refractivity contribution in [2.75, 3.05) is 117 Å². The van der Waals surface area contributed by atoms with Gasteiger partial charge in [0.1, 0.15) is 30.5 Å². The van der Waals surface area contributed by atoms with Gasteiger partial charge in [-0.1, -0.05) is 53.3 Å². The number of piperazine rings is 3. The molecule has 602 valence electrons. The van der Waals surface area contributed by atoms with Gasteiger partial charge in [0.15, 0.2) is 15.4 Å². The Balaban J connectivity index is 0.000000217. The minimum atomic E-state index is -3.78. The molecule has 11 aromatic rings. The number of carbonyl (C=O) groups excluding carboxylic acids is 4. The minimum absolute atomic E-state index is 0. The van der Waals surface area contributed by atoms with Crippen molar-refractivity contribution in [2.45, 2.75) is 99.2 Å². The molecule has 16 rings (SSSR count). The van der Waals surface area contributed by atoms with Crippen LogP contribution in [0.15, 0.2) is 202 Å². The van der Waals surface area contributed by atoms with Gasteiger partial charge in [0.2, 0.25) is 23.6 Å². The zero-order valence-corrected chi connectivity index (χ0v) is 68.3. The van der Waals surface area contributed by atoms with Crippen LogP contribution in [0.1, 0.15) is 71.8 Å². The third kappa shape index (κ3) is 17.8. The number of fused-ring (bicyclic) bond motifs is 4. The van der Waals surface area contributed by atoms with Gasteiger partial charge in [0.05, 0.1) is 24.9 Å². The third-order valence-corrected chi connectivity index (χ3v) is 28.3. The Morgan fingerprint density at radius 1 is 0.558 bits per heavy atom. The zero-order chi connectivity index (χ0) is 79.5. The van der Waals surface area contributed by atoms with E-state index in [1.54, 1.807) is 87.4 Å². The van der Waals surface area contributed by atoms with Crippen LogP contribution >= 0.6 is 45.6 Å². The van der Waals surface area contributed by atoms with Gasteiger partial charge in [-0.3, -0.25) is 33.3 Å². The number of aromatic nitrogens is 4. The summed E-state index contributed by atoms with van der Waals surface area (Å²) in [5.41, 5.74) is 9.27. The van der Waals surface area contributed by atoms with Gasteiger partial charge in [0, 0.05) is 155 Å². The first-order chi connectivity index (χ1) is 54.2. The van der Waals surface area contributed by atoms with Crippen LogP contribution in [-0.2, 0) is 62.1 Å². The summed E-state index contributed by atoms with van der Waals surface area (Å²) in [6.07, 6.45) is 8.62. The number of hydrogen-bond acceptors (Lipinski definition) is 20. The molecule has 3 saturated heterocycles. The van der Waals surface area contributed by atoms with Crippen molar-refractivity contribution in [3.05, 3.63) is 215 Å². The monoisotopic (exact) mass is 1670 g/mol. The second-order valence-electron chi connectivity index (χ2n) is 28.3. The number of aryl methyl sites for hydroxylation is 3. The number of nitrogens with zero attached hydrogens (tertiary/aromatic N) is 12. The van der Waals surface area contributed by atoms with Gasteiger partial charge >= 0.3 is 0 Å². The molecule has 5 aliphatic heterocycles. The molecule has 7 aromatic carbocycles. The van der Waals surface area contributed by atoms with Crippen LogP contribution in [0.2, 0.25) is 5.02 Å². The molecule has 113 heavy (non-hydrogen) atoms. The Bertz CT molecular complexity index is 5640. The van der Waals surface area contributed by atoms with E-state index in [0.29, 0.717) is 74.9 Å².